The minimum absolute atomic E-state index is 0.00514. The first-order valence-corrected chi connectivity index (χ1v) is 11.2. The standard InChI is InChI=1S/C23H29N5O2/c1-16(22(30)27-12-10-23(8-9-23)11-13-27)25-21(29)17-6-7-20(24-14-17)28-15-18-4-2-3-5-19(18)26-28/h6-7,14-16H,2-5,8-13H2,1H3,(H,25,29)/t16-/m0/s1. The van der Waals surface area contributed by atoms with Gasteiger partial charge in [-0.2, -0.15) is 5.10 Å². The van der Waals surface area contributed by atoms with Crippen LogP contribution >= 0.6 is 0 Å². The van der Waals surface area contributed by atoms with Crippen molar-refractivity contribution in [3.63, 3.8) is 0 Å². The van der Waals surface area contributed by atoms with Gasteiger partial charge in [0.2, 0.25) is 5.91 Å². The molecule has 2 aromatic heterocycles. The normalized spacial score (nSPS) is 20.5. The second-order valence-electron chi connectivity index (χ2n) is 9.18. The number of nitrogens with one attached hydrogen (secondary N) is 1. The molecule has 0 aromatic carbocycles. The number of hydrogen-bond donors (Lipinski definition) is 1. The summed E-state index contributed by atoms with van der Waals surface area (Å²) in [5.74, 6) is 0.434. The van der Waals surface area contributed by atoms with Crippen molar-refractivity contribution in [3.8, 4) is 5.82 Å². The molecule has 0 bridgehead atoms. The summed E-state index contributed by atoms with van der Waals surface area (Å²) in [6.07, 6.45) is 12.9. The number of hydrogen-bond acceptors (Lipinski definition) is 4. The highest BCUT2D eigenvalue weighted by atomic mass is 16.2. The van der Waals surface area contributed by atoms with Gasteiger partial charge in [0.05, 0.1) is 11.3 Å². The Hall–Kier alpha value is -2.70. The summed E-state index contributed by atoms with van der Waals surface area (Å²) in [6, 6.07) is 3.01. The van der Waals surface area contributed by atoms with Gasteiger partial charge in [-0.15, -0.1) is 0 Å². The highest BCUT2D eigenvalue weighted by Gasteiger charge is 2.45. The molecule has 2 amide bonds. The van der Waals surface area contributed by atoms with E-state index in [0.29, 0.717) is 16.8 Å². The lowest BCUT2D eigenvalue weighted by atomic mass is 9.93. The fourth-order valence-electron chi connectivity index (χ4n) is 4.74. The monoisotopic (exact) mass is 407 g/mol. The molecular formula is C23H29N5O2. The van der Waals surface area contributed by atoms with E-state index in [4.69, 9.17) is 0 Å². The van der Waals surface area contributed by atoms with Crippen molar-refractivity contribution >= 4 is 11.8 Å². The Morgan fingerprint density at radius 2 is 1.87 bits per heavy atom. The molecule has 0 unspecified atom stereocenters. The highest BCUT2D eigenvalue weighted by Crippen LogP contribution is 2.53. The third-order valence-electron chi connectivity index (χ3n) is 7.04. The van der Waals surface area contributed by atoms with Gasteiger partial charge in [-0.25, -0.2) is 9.67 Å². The van der Waals surface area contributed by atoms with Gasteiger partial charge in [0.25, 0.3) is 5.91 Å². The number of likely N-dealkylation sites (tertiary alicyclic amines) is 1. The topological polar surface area (TPSA) is 80.1 Å². The Morgan fingerprint density at radius 3 is 2.53 bits per heavy atom. The lowest BCUT2D eigenvalue weighted by Crippen LogP contribution is -2.49. The second-order valence-corrected chi connectivity index (χ2v) is 9.18. The maximum atomic E-state index is 12.7. The molecule has 7 heteroatoms. The second kappa shape index (κ2) is 7.52. The SMILES string of the molecule is C[C@H](NC(=O)c1ccc(-n2cc3c(n2)CCCC3)nc1)C(=O)N1CCC2(CC1)CC2. The maximum Gasteiger partial charge on any atom is 0.253 e. The Morgan fingerprint density at radius 1 is 1.10 bits per heavy atom. The summed E-state index contributed by atoms with van der Waals surface area (Å²) in [5.41, 5.74) is 3.43. The van der Waals surface area contributed by atoms with E-state index >= 15 is 0 Å². The molecule has 2 fully saturated rings. The molecule has 1 aliphatic heterocycles. The maximum absolute atomic E-state index is 12.7. The molecule has 30 heavy (non-hydrogen) atoms. The van der Waals surface area contributed by atoms with Crippen LogP contribution in [0.15, 0.2) is 24.5 Å². The van der Waals surface area contributed by atoms with Gasteiger partial charge < -0.3 is 10.2 Å². The largest absolute Gasteiger partial charge is 0.341 e. The van der Waals surface area contributed by atoms with Gasteiger partial charge in [0.15, 0.2) is 5.82 Å². The van der Waals surface area contributed by atoms with Crippen LogP contribution in [-0.4, -0.2) is 50.6 Å². The van der Waals surface area contributed by atoms with Gasteiger partial charge in [0, 0.05) is 25.5 Å². The molecule has 2 aliphatic carbocycles. The number of carbonyl (C=O) groups is 2. The quantitative estimate of drug-likeness (QED) is 0.845. The first kappa shape index (κ1) is 19.3. The number of aryl methyl sites for hydroxylation is 2. The van der Waals surface area contributed by atoms with Gasteiger partial charge in [-0.1, -0.05) is 0 Å². The molecule has 5 rings (SSSR count). The zero-order valence-corrected chi connectivity index (χ0v) is 17.6. The molecule has 1 atom stereocenters. The summed E-state index contributed by atoms with van der Waals surface area (Å²) in [5, 5.41) is 7.47. The van der Waals surface area contributed by atoms with Crippen molar-refractivity contribution in [2.45, 2.75) is 64.3 Å². The average Bonchev–Trinajstić information content (AvgIpc) is 3.38. The van der Waals surface area contributed by atoms with E-state index in [1.54, 1.807) is 29.9 Å². The molecule has 3 aliphatic rings. The first-order valence-electron chi connectivity index (χ1n) is 11.2. The third-order valence-corrected chi connectivity index (χ3v) is 7.04. The van der Waals surface area contributed by atoms with Crippen LogP contribution in [0, 0.1) is 5.41 Å². The molecule has 2 aromatic rings. The number of carbonyl (C=O) groups excluding carboxylic acids is 2. The molecule has 0 radical (unpaired) electrons. The lowest BCUT2D eigenvalue weighted by molar-refractivity contribution is -0.134. The number of fused-ring (bicyclic) bond motifs is 1. The molecule has 3 heterocycles. The Bertz CT molecular complexity index is 927. The summed E-state index contributed by atoms with van der Waals surface area (Å²) in [6.45, 7) is 3.38. The minimum Gasteiger partial charge on any atom is -0.341 e. The first-order chi connectivity index (χ1) is 14.5. The zero-order chi connectivity index (χ0) is 20.7. The van der Waals surface area contributed by atoms with Gasteiger partial charge in [-0.05, 0) is 81.4 Å². The van der Waals surface area contributed by atoms with Crippen molar-refractivity contribution < 1.29 is 9.59 Å². The number of aromatic nitrogens is 3. The van der Waals surface area contributed by atoms with E-state index < -0.39 is 6.04 Å². The average molecular weight is 408 g/mol. The fourth-order valence-corrected chi connectivity index (χ4v) is 4.74. The molecule has 1 N–H and O–H groups in total. The lowest BCUT2D eigenvalue weighted by Gasteiger charge is -2.33. The Kier molecular flexibility index (Phi) is 4.83. The molecule has 158 valence electrons. The van der Waals surface area contributed by atoms with Crippen molar-refractivity contribution in [3.05, 3.63) is 41.3 Å². The molecule has 7 nitrogen and oxygen atoms in total. The van der Waals surface area contributed by atoms with E-state index in [1.165, 1.54) is 31.2 Å². The Labute approximate surface area is 176 Å². The van der Waals surface area contributed by atoms with Crippen LogP contribution in [0.3, 0.4) is 0 Å². The summed E-state index contributed by atoms with van der Waals surface area (Å²) < 4.78 is 1.80. The predicted octanol–water partition coefficient (Wildman–Crippen LogP) is 2.67. The summed E-state index contributed by atoms with van der Waals surface area (Å²) in [7, 11) is 0. The van der Waals surface area contributed by atoms with Crippen LogP contribution in [0.5, 0.6) is 0 Å². The van der Waals surface area contributed by atoms with E-state index in [0.717, 1.165) is 44.5 Å². The summed E-state index contributed by atoms with van der Waals surface area (Å²) >= 11 is 0. The van der Waals surface area contributed by atoms with Crippen molar-refractivity contribution in [2.24, 2.45) is 5.41 Å². The van der Waals surface area contributed by atoms with Crippen LogP contribution in [0.1, 0.15) is 67.1 Å². The number of nitrogens with zero attached hydrogens (tertiary/aromatic N) is 4. The molecule has 1 saturated carbocycles. The van der Waals surface area contributed by atoms with Gasteiger partial charge in [0.1, 0.15) is 6.04 Å². The number of amides is 2. The van der Waals surface area contributed by atoms with Crippen molar-refractivity contribution in [2.75, 3.05) is 13.1 Å². The fraction of sp³-hybridized carbons (Fsp3) is 0.565. The highest BCUT2D eigenvalue weighted by molar-refractivity contribution is 5.97. The molecule has 1 saturated heterocycles. The zero-order valence-electron chi connectivity index (χ0n) is 17.6. The van der Waals surface area contributed by atoms with Crippen LogP contribution < -0.4 is 5.32 Å². The number of pyridine rings is 1. The number of piperidine rings is 1. The number of rotatable bonds is 4. The molecular weight excluding hydrogens is 378 g/mol. The van der Waals surface area contributed by atoms with Crippen LogP contribution in [-0.2, 0) is 17.6 Å². The smallest absolute Gasteiger partial charge is 0.253 e. The molecule has 1 spiro atoms. The van der Waals surface area contributed by atoms with Crippen LogP contribution in [0.4, 0.5) is 0 Å². The predicted molar refractivity (Wildman–Crippen MR) is 112 cm³/mol. The minimum atomic E-state index is -0.539. The van der Waals surface area contributed by atoms with Crippen LogP contribution in [0.25, 0.3) is 5.82 Å². The van der Waals surface area contributed by atoms with E-state index in [9.17, 15) is 9.59 Å². The van der Waals surface area contributed by atoms with Gasteiger partial charge in [-0.3, -0.25) is 9.59 Å². The van der Waals surface area contributed by atoms with E-state index in [1.807, 2.05) is 11.1 Å². The van der Waals surface area contributed by atoms with Gasteiger partial charge >= 0.3 is 0 Å². The summed E-state index contributed by atoms with van der Waals surface area (Å²) in [4.78, 5) is 31.7. The van der Waals surface area contributed by atoms with Crippen molar-refractivity contribution in [1.29, 1.82) is 0 Å². The van der Waals surface area contributed by atoms with Crippen LogP contribution in [0.2, 0.25) is 0 Å². The Balaban J connectivity index is 1.19. The van der Waals surface area contributed by atoms with E-state index in [-0.39, 0.29) is 11.8 Å². The van der Waals surface area contributed by atoms with E-state index in [2.05, 4.69) is 15.4 Å². The third kappa shape index (κ3) is 3.73. The van der Waals surface area contributed by atoms with Crippen molar-refractivity contribution in [1.82, 2.24) is 25.0 Å².